The number of aryl methyl sites for hydroxylation is 1. The van der Waals surface area contributed by atoms with Crippen LogP contribution in [0.2, 0.25) is 0 Å². The summed E-state index contributed by atoms with van der Waals surface area (Å²) in [7, 11) is 1.24. The molecule has 0 saturated carbocycles. The number of Topliss-reactive ketones (excluding diaryl/α,β-unsaturated/α-hetero) is 1. The van der Waals surface area contributed by atoms with Crippen LogP contribution in [0.3, 0.4) is 0 Å². The van der Waals surface area contributed by atoms with Crippen molar-refractivity contribution < 1.29 is 28.3 Å². The van der Waals surface area contributed by atoms with E-state index in [1.165, 1.54) is 13.4 Å². The van der Waals surface area contributed by atoms with Crippen molar-refractivity contribution in [2.45, 2.75) is 59.5 Å². The van der Waals surface area contributed by atoms with Crippen LogP contribution in [0.25, 0.3) is 11.0 Å². The van der Waals surface area contributed by atoms with Crippen LogP contribution in [0.5, 0.6) is 0 Å². The maximum absolute atomic E-state index is 13.8. The molecule has 4 atom stereocenters. The number of hydrogen-bond acceptors (Lipinski definition) is 8. The lowest BCUT2D eigenvalue weighted by Crippen LogP contribution is -2.44. The summed E-state index contributed by atoms with van der Waals surface area (Å²) in [6.45, 7) is 9.06. The van der Waals surface area contributed by atoms with Crippen molar-refractivity contribution in [1.29, 1.82) is 0 Å². The van der Waals surface area contributed by atoms with Crippen molar-refractivity contribution in [1.82, 2.24) is 5.32 Å². The predicted octanol–water partition coefficient (Wildman–Crippen LogP) is 4.06. The number of benzene rings is 1. The van der Waals surface area contributed by atoms with Crippen molar-refractivity contribution in [3.8, 4) is 0 Å². The van der Waals surface area contributed by atoms with Gasteiger partial charge in [0.05, 0.1) is 36.4 Å². The molecule has 0 amide bonds. The summed E-state index contributed by atoms with van der Waals surface area (Å²) in [4.78, 5) is 53.6. The fourth-order valence-electron chi connectivity index (χ4n) is 5.05. The molecule has 0 bridgehead atoms. The molecule has 0 spiro atoms. The van der Waals surface area contributed by atoms with Gasteiger partial charge < -0.3 is 19.2 Å². The molecule has 1 aliphatic carbocycles. The second-order valence-electron chi connectivity index (χ2n) is 9.68. The minimum absolute atomic E-state index is 0.143. The lowest BCUT2D eigenvalue weighted by atomic mass is 9.69. The second kappa shape index (κ2) is 9.76. The molecule has 0 unspecified atom stereocenters. The van der Waals surface area contributed by atoms with Gasteiger partial charge in [0.2, 0.25) is 0 Å². The molecule has 2 aromatic rings. The third-order valence-corrected chi connectivity index (χ3v) is 7.11. The van der Waals surface area contributed by atoms with E-state index in [1.54, 1.807) is 32.9 Å². The van der Waals surface area contributed by atoms with Crippen LogP contribution in [0.4, 0.5) is 0 Å². The predicted molar refractivity (Wildman–Crippen MR) is 133 cm³/mol. The molecule has 0 saturated heterocycles. The van der Waals surface area contributed by atoms with Crippen molar-refractivity contribution in [2.24, 2.45) is 11.8 Å². The molecule has 1 aromatic carbocycles. The average molecular weight is 494 g/mol. The Labute approximate surface area is 209 Å². The molecule has 2 heterocycles. The number of fused-ring (bicyclic) bond motifs is 1. The second-order valence-corrected chi connectivity index (χ2v) is 9.68. The van der Waals surface area contributed by atoms with E-state index in [1.807, 2.05) is 19.9 Å². The van der Waals surface area contributed by atoms with Crippen molar-refractivity contribution in [2.75, 3.05) is 7.11 Å². The zero-order valence-electron chi connectivity index (χ0n) is 21.4. The topological polar surface area (TPSA) is 112 Å². The van der Waals surface area contributed by atoms with Crippen LogP contribution in [0.1, 0.15) is 57.6 Å². The Morgan fingerprint density at radius 2 is 1.94 bits per heavy atom. The summed E-state index contributed by atoms with van der Waals surface area (Å²) in [5, 5.41) is 3.55. The van der Waals surface area contributed by atoms with Gasteiger partial charge in [-0.2, -0.15) is 0 Å². The standard InChI is InChI=1S/C28H31NO7/c1-7-15(4)36-28(33)22-16(5)29-19-11-14(3)21(27(32)34-6)26(31)24(19)23(22)18-12-35-20-9-8-13(2)10-17(20)25(18)30/h8-10,12,14-15,21,23,29H,7,11H2,1-6H3/t14-,15+,21+,23+/m0/s1. The fraction of sp³-hybridized carbons (Fsp3) is 0.429. The van der Waals surface area contributed by atoms with Crippen LogP contribution < -0.4 is 10.7 Å². The van der Waals surface area contributed by atoms with E-state index >= 15 is 0 Å². The van der Waals surface area contributed by atoms with E-state index in [4.69, 9.17) is 13.9 Å². The third kappa shape index (κ3) is 4.25. The lowest BCUT2D eigenvalue weighted by Gasteiger charge is -2.38. The Balaban J connectivity index is 1.97. The molecule has 0 fully saturated rings. The van der Waals surface area contributed by atoms with Crippen LogP contribution in [0, 0.1) is 18.8 Å². The Morgan fingerprint density at radius 3 is 2.61 bits per heavy atom. The van der Waals surface area contributed by atoms with Gasteiger partial charge in [-0.15, -0.1) is 0 Å². The summed E-state index contributed by atoms with van der Waals surface area (Å²) in [5.74, 6) is -4.17. The van der Waals surface area contributed by atoms with Gasteiger partial charge in [0.15, 0.2) is 11.2 Å². The molecule has 1 aromatic heterocycles. The fourth-order valence-corrected chi connectivity index (χ4v) is 5.05. The number of carbonyl (C=O) groups excluding carboxylic acids is 3. The molecule has 8 heteroatoms. The molecular formula is C28H31NO7. The Hall–Kier alpha value is -3.68. The van der Waals surface area contributed by atoms with E-state index in [2.05, 4.69) is 5.32 Å². The normalized spacial score (nSPS) is 22.7. The molecule has 8 nitrogen and oxygen atoms in total. The Bertz CT molecular complexity index is 1380. The number of carbonyl (C=O) groups is 3. The molecule has 4 rings (SSSR count). The van der Waals surface area contributed by atoms with Gasteiger partial charge in [-0.25, -0.2) is 4.79 Å². The highest BCUT2D eigenvalue weighted by atomic mass is 16.5. The minimum atomic E-state index is -1.05. The number of allylic oxidation sites excluding steroid dienone is 3. The highest BCUT2D eigenvalue weighted by molar-refractivity contribution is 6.12. The first-order valence-corrected chi connectivity index (χ1v) is 12.1. The first-order valence-electron chi connectivity index (χ1n) is 12.1. The SMILES string of the molecule is CC[C@@H](C)OC(=O)C1=C(C)NC2=C(C(=O)[C@H](C(=O)OC)[C@@H](C)C2)[C@@H]1c1coc2ccc(C)cc2c1=O. The smallest absolute Gasteiger partial charge is 0.337 e. The number of dihydropyridines is 1. The highest BCUT2D eigenvalue weighted by Crippen LogP contribution is 2.45. The summed E-state index contributed by atoms with van der Waals surface area (Å²) in [6, 6.07) is 5.27. The van der Waals surface area contributed by atoms with Crippen LogP contribution in [-0.4, -0.2) is 30.9 Å². The average Bonchev–Trinajstić information content (AvgIpc) is 2.83. The number of ether oxygens (including phenoxy) is 2. The Morgan fingerprint density at radius 1 is 1.22 bits per heavy atom. The number of rotatable bonds is 5. The molecule has 1 N–H and O–H groups in total. The maximum atomic E-state index is 13.8. The molecule has 1 aliphatic heterocycles. The van der Waals surface area contributed by atoms with Crippen molar-refractivity contribution in [3.63, 3.8) is 0 Å². The summed E-state index contributed by atoms with van der Waals surface area (Å²) < 4.78 is 16.4. The van der Waals surface area contributed by atoms with Gasteiger partial charge in [-0.1, -0.05) is 25.5 Å². The number of methoxy groups -OCH3 is 1. The molecule has 2 aliphatic rings. The van der Waals surface area contributed by atoms with E-state index in [-0.39, 0.29) is 34.2 Å². The first kappa shape index (κ1) is 25.4. The zero-order chi connectivity index (χ0) is 26.3. The molecule has 36 heavy (non-hydrogen) atoms. The van der Waals surface area contributed by atoms with Gasteiger partial charge in [-0.05, 0) is 51.7 Å². The van der Waals surface area contributed by atoms with Crippen LogP contribution in [-0.2, 0) is 23.9 Å². The van der Waals surface area contributed by atoms with Gasteiger partial charge in [0.25, 0.3) is 0 Å². The van der Waals surface area contributed by atoms with E-state index in [9.17, 15) is 19.2 Å². The summed E-state index contributed by atoms with van der Waals surface area (Å²) in [6.07, 6.45) is 1.92. The van der Waals surface area contributed by atoms with E-state index < -0.39 is 29.6 Å². The van der Waals surface area contributed by atoms with Gasteiger partial charge in [-0.3, -0.25) is 14.4 Å². The number of nitrogens with one attached hydrogen (secondary N) is 1. The summed E-state index contributed by atoms with van der Waals surface area (Å²) in [5.41, 5.74) is 2.49. The van der Waals surface area contributed by atoms with Gasteiger partial charge in [0, 0.05) is 22.5 Å². The lowest BCUT2D eigenvalue weighted by molar-refractivity contribution is -0.151. The highest BCUT2D eigenvalue weighted by Gasteiger charge is 2.48. The molecule has 190 valence electrons. The number of ketones is 1. The van der Waals surface area contributed by atoms with Gasteiger partial charge in [0.1, 0.15) is 11.5 Å². The third-order valence-electron chi connectivity index (χ3n) is 7.11. The zero-order valence-corrected chi connectivity index (χ0v) is 21.4. The van der Waals surface area contributed by atoms with Crippen molar-refractivity contribution >= 4 is 28.7 Å². The maximum Gasteiger partial charge on any atom is 0.337 e. The first-order chi connectivity index (χ1) is 17.1. The molecule has 0 radical (unpaired) electrons. The van der Waals surface area contributed by atoms with E-state index in [0.29, 0.717) is 35.2 Å². The van der Waals surface area contributed by atoms with Gasteiger partial charge >= 0.3 is 11.9 Å². The largest absolute Gasteiger partial charge is 0.468 e. The van der Waals surface area contributed by atoms with Crippen LogP contribution in [0.15, 0.2) is 56.2 Å². The number of esters is 2. The van der Waals surface area contributed by atoms with Crippen molar-refractivity contribution in [3.05, 3.63) is 68.4 Å². The van der Waals surface area contributed by atoms with E-state index in [0.717, 1.165) is 5.56 Å². The Kier molecular flexibility index (Phi) is 6.89. The monoisotopic (exact) mass is 493 g/mol. The van der Waals surface area contributed by atoms with Crippen LogP contribution >= 0.6 is 0 Å². The summed E-state index contributed by atoms with van der Waals surface area (Å²) >= 11 is 0. The minimum Gasteiger partial charge on any atom is -0.468 e. The number of hydrogen-bond donors (Lipinski definition) is 1. The quantitative estimate of drug-likeness (QED) is 0.490. The molecular weight excluding hydrogens is 462 g/mol.